The molecule has 1 N–H and O–H groups in total. The molecule has 0 aliphatic carbocycles. The fraction of sp³-hybridized carbons (Fsp3) is 0.467. The molecule has 0 unspecified atom stereocenters. The quantitative estimate of drug-likeness (QED) is 0.876. The summed E-state index contributed by atoms with van der Waals surface area (Å²) in [5.74, 6) is -2.53. The minimum absolute atomic E-state index is 0.0248. The Morgan fingerprint density at radius 2 is 2.21 bits per heavy atom. The predicted octanol–water partition coefficient (Wildman–Crippen LogP) is 3.71. The van der Waals surface area contributed by atoms with E-state index in [4.69, 9.17) is 0 Å². The molecular weight excluding hydrogens is 246 g/mol. The summed E-state index contributed by atoms with van der Waals surface area (Å²) in [6.45, 7) is 3.26. The summed E-state index contributed by atoms with van der Waals surface area (Å²) in [5.41, 5.74) is 3.31. The molecule has 0 radical (unpaired) electrons. The molecule has 0 bridgehead atoms. The molecule has 1 aliphatic rings. The molecule has 1 aliphatic heterocycles. The molecule has 3 rings (SSSR count). The van der Waals surface area contributed by atoms with E-state index in [9.17, 15) is 8.78 Å². The first-order chi connectivity index (χ1) is 9.03. The third kappa shape index (κ3) is 2.63. The number of alkyl halides is 2. The molecule has 2 nitrogen and oxygen atoms in total. The number of hydrogen-bond donors (Lipinski definition) is 1. The van der Waals surface area contributed by atoms with Gasteiger partial charge in [-0.2, -0.15) is 0 Å². The van der Waals surface area contributed by atoms with Gasteiger partial charge < -0.3 is 4.98 Å². The highest BCUT2D eigenvalue weighted by molar-refractivity contribution is 5.83. The molecule has 0 saturated carbocycles. The van der Waals surface area contributed by atoms with E-state index in [0.29, 0.717) is 13.0 Å². The number of nitrogens with zero attached hydrogens (tertiary/aromatic N) is 1. The molecule has 0 spiro atoms. The lowest BCUT2D eigenvalue weighted by atomic mass is 10.0. The number of halogens is 2. The molecule has 1 fully saturated rings. The van der Waals surface area contributed by atoms with Crippen LogP contribution < -0.4 is 0 Å². The summed E-state index contributed by atoms with van der Waals surface area (Å²) < 4.78 is 26.9. The molecule has 1 aromatic carbocycles. The standard InChI is InChI=1S/C15H18F2N2/c1-11-8-13-12(4-2-5-14(13)18-11)9-19-7-3-6-15(16,17)10-19/h2,4-5,8,18H,3,6-7,9-10H2,1H3. The van der Waals surface area contributed by atoms with Crippen LogP contribution in [-0.4, -0.2) is 28.9 Å². The third-order valence-corrected chi connectivity index (χ3v) is 3.75. The van der Waals surface area contributed by atoms with Crippen molar-refractivity contribution in [2.45, 2.75) is 32.2 Å². The van der Waals surface area contributed by atoms with Gasteiger partial charge in [-0.1, -0.05) is 12.1 Å². The van der Waals surface area contributed by atoms with Crippen molar-refractivity contribution in [2.24, 2.45) is 0 Å². The molecular formula is C15H18F2N2. The van der Waals surface area contributed by atoms with E-state index in [1.54, 1.807) is 0 Å². The van der Waals surface area contributed by atoms with Gasteiger partial charge in [0.05, 0.1) is 6.54 Å². The van der Waals surface area contributed by atoms with Crippen LogP contribution in [0.3, 0.4) is 0 Å². The number of fused-ring (bicyclic) bond motifs is 1. The van der Waals surface area contributed by atoms with E-state index in [0.717, 1.165) is 28.7 Å². The van der Waals surface area contributed by atoms with Gasteiger partial charge in [0.15, 0.2) is 0 Å². The second-order valence-electron chi connectivity index (χ2n) is 5.50. The fourth-order valence-corrected chi connectivity index (χ4v) is 2.92. The lowest BCUT2D eigenvalue weighted by Gasteiger charge is -2.32. The van der Waals surface area contributed by atoms with Gasteiger partial charge in [-0.15, -0.1) is 0 Å². The second-order valence-corrected chi connectivity index (χ2v) is 5.50. The number of hydrogen-bond acceptors (Lipinski definition) is 1. The second kappa shape index (κ2) is 4.60. The molecule has 0 amide bonds. The van der Waals surface area contributed by atoms with Crippen molar-refractivity contribution in [2.75, 3.05) is 13.1 Å². The Balaban J connectivity index is 1.85. The summed E-state index contributed by atoms with van der Waals surface area (Å²) in [7, 11) is 0. The maximum atomic E-state index is 13.4. The van der Waals surface area contributed by atoms with Crippen molar-refractivity contribution >= 4 is 10.9 Å². The highest BCUT2D eigenvalue weighted by Crippen LogP contribution is 2.28. The molecule has 2 heterocycles. The van der Waals surface area contributed by atoms with Crippen LogP contribution >= 0.6 is 0 Å². The van der Waals surface area contributed by atoms with Crippen molar-refractivity contribution in [3.05, 3.63) is 35.5 Å². The van der Waals surface area contributed by atoms with Crippen LogP contribution in [0.4, 0.5) is 8.78 Å². The molecule has 19 heavy (non-hydrogen) atoms. The third-order valence-electron chi connectivity index (χ3n) is 3.75. The minimum atomic E-state index is -2.53. The zero-order chi connectivity index (χ0) is 13.5. The largest absolute Gasteiger partial charge is 0.359 e. The Labute approximate surface area is 111 Å². The molecule has 102 valence electrons. The minimum Gasteiger partial charge on any atom is -0.359 e. The smallest absolute Gasteiger partial charge is 0.260 e. The van der Waals surface area contributed by atoms with Crippen LogP contribution in [0.25, 0.3) is 10.9 Å². The first-order valence-corrected chi connectivity index (χ1v) is 6.71. The summed E-state index contributed by atoms with van der Waals surface area (Å²) in [6, 6.07) is 8.13. The van der Waals surface area contributed by atoms with E-state index in [1.165, 1.54) is 0 Å². The number of nitrogens with one attached hydrogen (secondary N) is 1. The molecule has 1 aromatic heterocycles. The molecule has 4 heteroatoms. The molecule has 0 atom stereocenters. The Bertz CT molecular complexity index is 589. The summed E-state index contributed by atoms with van der Waals surface area (Å²) >= 11 is 0. The monoisotopic (exact) mass is 264 g/mol. The summed E-state index contributed by atoms with van der Waals surface area (Å²) in [5, 5.41) is 1.15. The Morgan fingerprint density at radius 3 is 3.00 bits per heavy atom. The highest BCUT2D eigenvalue weighted by atomic mass is 19.3. The normalized spacial score (nSPS) is 19.9. The number of benzene rings is 1. The van der Waals surface area contributed by atoms with Gasteiger partial charge in [0.25, 0.3) is 5.92 Å². The van der Waals surface area contributed by atoms with E-state index in [2.05, 4.69) is 11.1 Å². The topological polar surface area (TPSA) is 19.0 Å². The Hall–Kier alpha value is -1.42. The zero-order valence-corrected chi connectivity index (χ0v) is 11.0. The van der Waals surface area contributed by atoms with Gasteiger partial charge in [-0.05, 0) is 37.6 Å². The number of H-pyrrole nitrogens is 1. The molecule has 2 aromatic rings. The maximum Gasteiger partial charge on any atom is 0.260 e. The Morgan fingerprint density at radius 1 is 1.37 bits per heavy atom. The van der Waals surface area contributed by atoms with Crippen LogP contribution in [0.15, 0.2) is 24.3 Å². The first-order valence-electron chi connectivity index (χ1n) is 6.71. The lowest BCUT2D eigenvalue weighted by molar-refractivity contribution is -0.0660. The number of aryl methyl sites for hydroxylation is 1. The number of piperidine rings is 1. The van der Waals surface area contributed by atoms with Gasteiger partial charge >= 0.3 is 0 Å². The zero-order valence-electron chi connectivity index (χ0n) is 11.0. The van der Waals surface area contributed by atoms with Gasteiger partial charge in [-0.3, -0.25) is 4.90 Å². The Kier molecular flexibility index (Phi) is 3.05. The van der Waals surface area contributed by atoms with E-state index in [1.807, 2.05) is 30.0 Å². The van der Waals surface area contributed by atoms with E-state index in [-0.39, 0.29) is 13.0 Å². The average molecular weight is 264 g/mol. The number of aromatic nitrogens is 1. The SMILES string of the molecule is Cc1cc2c(CN3CCCC(F)(F)C3)cccc2[nH]1. The number of rotatable bonds is 2. The van der Waals surface area contributed by atoms with Crippen LogP contribution in [0.2, 0.25) is 0 Å². The van der Waals surface area contributed by atoms with Crippen LogP contribution in [0, 0.1) is 6.92 Å². The summed E-state index contributed by atoms with van der Waals surface area (Å²) in [4.78, 5) is 5.15. The van der Waals surface area contributed by atoms with Gasteiger partial charge in [0, 0.05) is 29.6 Å². The van der Waals surface area contributed by atoms with Gasteiger partial charge in [-0.25, -0.2) is 8.78 Å². The van der Waals surface area contributed by atoms with Gasteiger partial charge in [0.1, 0.15) is 0 Å². The van der Waals surface area contributed by atoms with Crippen molar-refractivity contribution in [1.29, 1.82) is 0 Å². The van der Waals surface area contributed by atoms with Crippen LogP contribution in [-0.2, 0) is 6.54 Å². The first kappa shape index (κ1) is 12.6. The predicted molar refractivity (Wildman–Crippen MR) is 72.5 cm³/mol. The van der Waals surface area contributed by atoms with Crippen molar-refractivity contribution in [3.8, 4) is 0 Å². The van der Waals surface area contributed by atoms with Crippen molar-refractivity contribution < 1.29 is 8.78 Å². The van der Waals surface area contributed by atoms with Gasteiger partial charge in [0.2, 0.25) is 0 Å². The highest BCUT2D eigenvalue weighted by Gasteiger charge is 2.34. The van der Waals surface area contributed by atoms with Crippen LogP contribution in [0.1, 0.15) is 24.1 Å². The maximum absolute atomic E-state index is 13.4. The van der Waals surface area contributed by atoms with E-state index < -0.39 is 5.92 Å². The lowest BCUT2D eigenvalue weighted by Crippen LogP contribution is -2.42. The average Bonchev–Trinajstić information content (AvgIpc) is 2.69. The number of likely N-dealkylation sites (tertiary alicyclic amines) is 1. The fourth-order valence-electron chi connectivity index (χ4n) is 2.92. The van der Waals surface area contributed by atoms with Crippen molar-refractivity contribution in [1.82, 2.24) is 9.88 Å². The summed E-state index contributed by atoms with van der Waals surface area (Å²) in [6.07, 6.45) is 0.603. The van der Waals surface area contributed by atoms with Crippen molar-refractivity contribution in [3.63, 3.8) is 0 Å². The number of aromatic amines is 1. The van der Waals surface area contributed by atoms with E-state index >= 15 is 0 Å². The molecule has 1 saturated heterocycles. The van der Waals surface area contributed by atoms with Crippen LogP contribution in [0.5, 0.6) is 0 Å².